The summed E-state index contributed by atoms with van der Waals surface area (Å²) in [6.45, 7) is 4.70. The zero-order chi connectivity index (χ0) is 13.5. The van der Waals surface area contributed by atoms with Crippen molar-refractivity contribution in [2.75, 3.05) is 13.2 Å². The van der Waals surface area contributed by atoms with Crippen molar-refractivity contribution in [1.82, 2.24) is 5.32 Å². The molecule has 0 radical (unpaired) electrons. The van der Waals surface area contributed by atoms with Gasteiger partial charge < -0.3 is 10.1 Å². The Morgan fingerprint density at radius 1 is 1.50 bits per heavy atom. The van der Waals surface area contributed by atoms with Crippen molar-refractivity contribution in [3.05, 3.63) is 34.6 Å². The predicted octanol–water partition coefficient (Wildman–Crippen LogP) is 3.08. The first-order valence-corrected chi connectivity index (χ1v) is 6.32. The molecule has 0 aromatic heterocycles. The molecule has 18 heavy (non-hydrogen) atoms. The predicted molar refractivity (Wildman–Crippen MR) is 69.1 cm³/mol. The zero-order valence-electron chi connectivity index (χ0n) is 10.5. The molecule has 0 fully saturated rings. The van der Waals surface area contributed by atoms with E-state index in [2.05, 4.69) is 5.32 Å². The summed E-state index contributed by atoms with van der Waals surface area (Å²) in [6.07, 6.45) is 0.880. The molecular formula is C13H17ClFNO2. The second-order valence-corrected chi connectivity index (χ2v) is 4.22. The lowest BCUT2D eigenvalue weighted by Crippen LogP contribution is -2.30. The van der Waals surface area contributed by atoms with Crippen molar-refractivity contribution in [1.29, 1.82) is 0 Å². The van der Waals surface area contributed by atoms with Crippen LogP contribution in [0.3, 0.4) is 0 Å². The Bertz CT molecular complexity index is 412. The molecular weight excluding hydrogens is 257 g/mol. The van der Waals surface area contributed by atoms with Crippen molar-refractivity contribution < 1.29 is 13.9 Å². The summed E-state index contributed by atoms with van der Waals surface area (Å²) in [5, 5.41) is 3.06. The number of halogens is 2. The highest BCUT2D eigenvalue weighted by Crippen LogP contribution is 2.22. The molecule has 1 N–H and O–H groups in total. The maximum absolute atomic E-state index is 13.1. The summed E-state index contributed by atoms with van der Waals surface area (Å²) in [5.74, 6) is -0.882. The molecule has 1 aromatic carbocycles. The first kappa shape index (κ1) is 14.9. The number of hydrogen-bond donors (Lipinski definition) is 1. The molecule has 3 nitrogen and oxygen atoms in total. The van der Waals surface area contributed by atoms with Crippen LogP contribution in [-0.2, 0) is 9.53 Å². The van der Waals surface area contributed by atoms with Crippen molar-refractivity contribution >= 4 is 17.6 Å². The van der Waals surface area contributed by atoms with E-state index in [0.717, 1.165) is 6.42 Å². The van der Waals surface area contributed by atoms with Crippen molar-refractivity contribution in [3.63, 3.8) is 0 Å². The highest BCUT2D eigenvalue weighted by atomic mass is 35.5. The van der Waals surface area contributed by atoms with Crippen LogP contribution in [0.4, 0.5) is 4.39 Å². The Hall–Kier alpha value is -1.13. The Morgan fingerprint density at radius 2 is 2.22 bits per heavy atom. The normalized spacial score (nSPS) is 12.2. The van der Waals surface area contributed by atoms with Crippen molar-refractivity contribution in [3.8, 4) is 0 Å². The van der Waals surface area contributed by atoms with E-state index < -0.39 is 11.9 Å². The molecule has 0 saturated carbocycles. The largest absolute Gasteiger partial charge is 0.465 e. The Balaban J connectivity index is 2.93. The smallest absolute Gasteiger partial charge is 0.327 e. The topological polar surface area (TPSA) is 38.3 Å². The number of rotatable bonds is 6. The fourth-order valence-electron chi connectivity index (χ4n) is 1.54. The molecule has 0 aliphatic heterocycles. The van der Waals surface area contributed by atoms with Gasteiger partial charge in [0, 0.05) is 0 Å². The summed E-state index contributed by atoms with van der Waals surface area (Å²) in [4.78, 5) is 11.8. The molecule has 0 heterocycles. The second kappa shape index (κ2) is 7.34. The van der Waals surface area contributed by atoms with Crippen LogP contribution in [0.1, 0.15) is 31.9 Å². The first-order valence-electron chi connectivity index (χ1n) is 5.95. The van der Waals surface area contributed by atoms with Crippen LogP contribution in [0, 0.1) is 5.82 Å². The number of ether oxygens (including phenoxy) is 1. The monoisotopic (exact) mass is 273 g/mol. The van der Waals surface area contributed by atoms with E-state index in [9.17, 15) is 9.18 Å². The van der Waals surface area contributed by atoms with E-state index in [1.165, 1.54) is 18.2 Å². The summed E-state index contributed by atoms with van der Waals surface area (Å²) in [7, 11) is 0. The van der Waals surface area contributed by atoms with E-state index in [-0.39, 0.29) is 11.0 Å². The number of carbonyl (C=O) groups excluding carboxylic acids is 1. The van der Waals surface area contributed by atoms with Crippen LogP contribution < -0.4 is 5.32 Å². The van der Waals surface area contributed by atoms with Gasteiger partial charge in [-0.25, -0.2) is 9.18 Å². The standard InChI is InChI=1S/C13H17ClFNO2/c1-3-7-16-12(13(17)18-4-2)9-5-6-11(15)10(14)8-9/h5-6,8,12,16H,3-4,7H2,1-2H3. The summed E-state index contributed by atoms with van der Waals surface area (Å²) >= 11 is 5.72. The Morgan fingerprint density at radius 3 is 2.78 bits per heavy atom. The Labute approximate surface area is 111 Å². The van der Waals surface area contributed by atoms with Crippen LogP contribution in [0.2, 0.25) is 5.02 Å². The summed E-state index contributed by atoms with van der Waals surface area (Å²) in [5.41, 5.74) is 0.605. The molecule has 0 bridgehead atoms. The molecule has 1 rings (SSSR count). The van der Waals surface area contributed by atoms with Gasteiger partial charge in [-0.3, -0.25) is 0 Å². The van der Waals surface area contributed by atoms with Crippen LogP contribution in [-0.4, -0.2) is 19.1 Å². The van der Waals surface area contributed by atoms with Crippen LogP contribution in [0.25, 0.3) is 0 Å². The zero-order valence-corrected chi connectivity index (χ0v) is 11.3. The van der Waals surface area contributed by atoms with Crippen molar-refractivity contribution in [2.24, 2.45) is 0 Å². The third-order valence-corrected chi connectivity index (χ3v) is 2.69. The van der Waals surface area contributed by atoms with E-state index in [0.29, 0.717) is 18.7 Å². The third kappa shape index (κ3) is 3.96. The Kier molecular flexibility index (Phi) is 6.09. The average molecular weight is 274 g/mol. The minimum absolute atomic E-state index is 0.0000898. The van der Waals surface area contributed by atoms with Crippen LogP contribution in [0.5, 0.6) is 0 Å². The van der Waals surface area contributed by atoms with Gasteiger partial charge >= 0.3 is 5.97 Å². The maximum Gasteiger partial charge on any atom is 0.327 e. The summed E-state index contributed by atoms with van der Waals surface area (Å²) in [6, 6.07) is 3.62. The van der Waals surface area contributed by atoms with Gasteiger partial charge in [0.1, 0.15) is 11.9 Å². The number of nitrogens with one attached hydrogen (secondary N) is 1. The lowest BCUT2D eigenvalue weighted by molar-refractivity contribution is -0.145. The first-order chi connectivity index (χ1) is 8.60. The van der Waals surface area contributed by atoms with Crippen LogP contribution >= 0.6 is 11.6 Å². The highest BCUT2D eigenvalue weighted by Gasteiger charge is 2.21. The number of esters is 1. The number of hydrogen-bond acceptors (Lipinski definition) is 3. The van der Waals surface area contributed by atoms with E-state index in [4.69, 9.17) is 16.3 Å². The average Bonchev–Trinajstić information content (AvgIpc) is 2.34. The van der Waals surface area contributed by atoms with Gasteiger partial charge in [-0.2, -0.15) is 0 Å². The minimum atomic E-state index is -0.608. The molecule has 0 amide bonds. The molecule has 0 saturated heterocycles. The molecule has 100 valence electrons. The van der Waals surface area contributed by atoms with Gasteiger partial charge in [-0.1, -0.05) is 24.6 Å². The van der Waals surface area contributed by atoms with Gasteiger partial charge in [-0.15, -0.1) is 0 Å². The molecule has 0 aliphatic carbocycles. The molecule has 0 aliphatic rings. The fourth-order valence-corrected chi connectivity index (χ4v) is 1.73. The van der Waals surface area contributed by atoms with Gasteiger partial charge in [0.15, 0.2) is 0 Å². The van der Waals surface area contributed by atoms with Crippen molar-refractivity contribution in [2.45, 2.75) is 26.3 Å². The van der Waals surface area contributed by atoms with Gasteiger partial charge in [0.05, 0.1) is 11.6 Å². The minimum Gasteiger partial charge on any atom is -0.465 e. The van der Waals surface area contributed by atoms with Gasteiger partial charge in [-0.05, 0) is 37.6 Å². The van der Waals surface area contributed by atoms with Crippen LogP contribution in [0.15, 0.2) is 18.2 Å². The lowest BCUT2D eigenvalue weighted by atomic mass is 10.1. The lowest BCUT2D eigenvalue weighted by Gasteiger charge is -2.17. The number of carbonyl (C=O) groups is 1. The SMILES string of the molecule is CCCNC(C(=O)OCC)c1ccc(F)c(Cl)c1. The quantitative estimate of drug-likeness (QED) is 0.810. The fraction of sp³-hybridized carbons (Fsp3) is 0.462. The van der Waals surface area contributed by atoms with Gasteiger partial charge in [0.2, 0.25) is 0 Å². The summed E-state index contributed by atoms with van der Waals surface area (Å²) < 4.78 is 18.1. The molecule has 1 unspecified atom stereocenters. The third-order valence-electron chi connectivity index (χ3n) is 2.40. The highest BCUT2D eigenvalue weighted by molar-refractivity contribution is 6.30. The molecule has 0 spiro atoms. The number of benzene rings is 1. The molecule has 1 aromatic rings. The van der Waals surface area contributed by atoms with Gasteiger partial charge in [0.25, 0.3) is 0 Å². The van der Waals surface area contributed by atoms with E-state index in [1.807, 2.05) is 6.92 Å². The maximum atomic E-state index is 13.1. The van der Waals surface area contributed by atoms with E-state index >= 15 is 0 Å². The molecule has 5 heteroatoms. The molecule has 1 atom stereocenters. The van der Waals surface area contributed by atoms with E-state index in [1.54, 1.807) is 6.92 Å². The second-order valence-electron chi connectivity index (χ2n) is 3.81.